The molecule has 0 saturated carbocycles. The number of nitrogens with two attached hydrogens (primary N) is 1. The van der Waals surface area contributed by atoms with Crippen LogP contribution in [0.1, 0.15) is 33.6 Å². The Morgan fingerprint density at radius 2 is 2.17 bits per heavy atom. The first-order valence-electron chi connectivity index (χ1n) is 6.79. The average Bonchev–Trinajstić information content (AvgIpc) is 2.29. The summed E-state index contributed by atoms with van der Waals surface area (Å²) in [5, 5.41) is 0. The summed E-state index contributed by atoms with van der Waals surface area (Å²) in [7, 11) is 0. The summed E-state index contributed by atoms with van der Waals surface area (Å²) >= 11 is 0. The normalized spacial score (nSPS) is 24.6. The van der Waals surface area contributed by atoms with Gasteiger partial charge in [-0.2, -0.15) is 0 Å². The zero-order chi connectivity index (χ0) is 13.6. The van der Waals surface area contributed by atoms with Crippen LogP contribution in [-0.4, -0.2) is 55.4 Å². The van der Waals surface area contributed by atoms with Gasteiger partial charge in [0.15, 0.2) is 0 Å². The van der Waals surface area contributed by atoms with E-state index in [1.54, 1.807) is 13.8 Å². The molecule has 5 nitrogen and oxygen atoms in total. The van der Waals surface area contributed by atoms with Crippen LogP contribution in [-0.2, 0) is 14.3 Å². The molecular weight excluding hydrogens is 232 g/mol. The molecule has 5 heteroatoms. The van der Waals surface area contributed by atoms with Crippen molar-refractivity contribution in [1.82, 2.24) is 4.90 Å². The zero-order valence-corrected chi connectivity index (χ0v) is 11.8. The molecule has 2 N–H and O–H groups in total. The van der Waals surface area contributed by atoms with Gasteiger partial charge in [-0.1, -0.05) is 0 Å². The van der Waals surface area contributed by atoms with E-state index >= 15 is 0 Å². The van der Waals surface area contributed by atoms with E-state index in [1.165, 1.54) is 0 Å². The number of piperidine rings is 1. The molecule has 2 atom stereocenters. The summed E-state index contributed by atoms with van der Waals surface area (Å²) in [6.45, 7) is 8.97. The number of rotatable bonds is 6. The van der Waals surface area contributed by atoms with Crippen molar-refractivity contribution >= 4 is 5.97 Å². The molecule has 1 aliphatic heterocycles. The van der Waals surface area contributed by atoms with Crippen LogP contribution in [0.4, 0.5) is 0 Å². The van der Waals surface area contributed by atoms with Crippen molar-refractivity contribution in [3.8, 4) is 0 Å². The van der Waals surface area contributed by atoms with Gasteiger partial charge in [-0.15, -0.1) is 0 Å². The molecule has 0 spiro atoms. The molecule has 18 heavy (non-hydrogen) atoms. The second kappa shape index (κ2) is 7.07. The number of hydrogen-bond acceptors (Lipinski definition) is 5. The smallest absolute Gasteiger partial charge is 0.327 e. The highest BCUT2D eigenvalue weighted by atomic mass is 16.5. The van der Waals surface area contributed by atoms with Crippen LogP contribution in [0.5, 0.6) is 0 Å². The Morgan fingerprint density at radius 3 is 2.78 bits per heavy atom. The second-order valence-electron chi connectivity index (χ2n) is 5.09. The summed E-state index contributed by atoms with van der Waals surface area (Å²) in [6.07, 6.45) is 2.44. The number of esters is 1. The molecule has 1 heterocycles. The first-order valence-corrected chi connectivity index (χ1v) is 6.79. The molecule has 1 aliphatic rings. The lowest BCUT2D eigenvalue weighted by molar-refractivity contribution is -0.150. The summed E-state index contributed by atoms with van der Waals surface area (Å²) in [5.41, 5.74) is 5.10. The molecule has 106 valence electrons. The lowest BCUT2D eigenvalue weighted by Crippen LogP contribution is -2.56. The van der Waals surface area contributed by atoms with Crippen molar-refractivity contribution < 1.29 is 14.3 Å². The second-order valence-corrected chi connectivity index (χ2v) is 5.09. The molecule has 1 rings (SSSR count). The number of carbonyl (C=O) groups is 1. The van der Waals surface area contributed by atoms with E-state index in [4.69, 9.17) is 15.2 Å². The van der Waals surface area contributed by atoms with Crippen molar-refractivity contribution in [2.75, 3.05) is 32.8 Å². The Bertz CT molecular complexity index is 267. The van der Waals surface area contributed by atoms with Crippen molar-refractivity contribution in [1.29, 1.82) is 0 Å². The van der Waals surface area contributed by atoms with Crippen molar-refractivity contribution in [3.63, 3.8) is 0 Å². The van der Waals surface area contributed by atoms with Crippen LogP contribution >= 0.6 is 0 Å². The zero-order valence-electron chi connectivity index (χ0n) is 11.8. The summed E-state index contributed by atoms with van der Waals surface area (Å²) in [6, 6.07) is 0. The van der Waals surface area contributed by atoms with Crippen LogP contribution in [0.15, 0.2) is 0 Å². The third-order valence-corrected chi connectivity index (χ3v) is 3.16. The highest BCUT2D eigenvalue weighted by molar-refractivity contribution is 5.80. The molecular formula is C13H26N2O3. The van der Waals surface area contributed by atoms with E-state index in [0.717, 1.165) is 32.5 Å². The Labute approximate surface area is 110 Å². The molecule has 0 aromatic carbocycles. The largest absolute Gasteiger partial charge is 0.465 e. The minimum absolute atomic E-state index is 0.266. The van der Waals surface area contributed by atoms with E-state index in [1.807, 2.05) is 6.92 Å². The highest BCUT2D eigenvalue weighted by Gasteiger charge is 2.34. The summed E-state index contributed by atoms with van der Waals surface area (Å²) in [5.74, 6) is -0.330. The molecule has 0 aliphatic carbocycles. The Balaban J connectivity index is 2.47. The van der Waals surface area contributed by atoms with Gasteiger partial charge in [-0.05, 0) is 40.2 Å². The van der Waals surface area contributed by atoms with Gasteiger partial charge in [0.1, 0.15) is 5.54 Å². The predicted molar refractivity (Wildman–Crippen MR) is 70.3 cm³/mol. The van der Waals surface area contributed by atoms with Gasteiger partial charge < -0.3 is 15.2 Å². The monoisotopic (exact) mass is 258 g/mol. The van der Waals surface area contributed by atoms with Gasteiger partial charge >= 0.3 is 5.97 Å². The van der Waals surface area contributed by atoms with Gasteiger partial charge in [0, 0.05) is 19.7 Å². The SMILES string of the molecule is CCOC(=O)C(C)(N)CN1CCCC(OCC)C1. The maximum atomic E-state index is 11.7. The Morgan fingerprint density at radius 1 is 1.44 bits per heavy atom. The van der Waals surface area contributed by atoms with Crippen LogP contribution in [0.25, 0.3) is 0 Å². The minimum atomic E-state index is -0.940. The van der Waals surface area contributed by atoms with Crippen LogP contribution < -0.4 is 5.73 Å². The number of ether oxygens (including phenoxy) is 2. The molecule has 0 amide bonds. The van der Waals surface area contributed by atoms with Gasteiger partial charge in [0.25, 0.3) is 0 Å². The maximum absolute atomic E-state index is 11.7. The van der Waals surface area contributed by atoms with Crippen molar-refractivity contribution in [3.05, 3.63) is 0 Å². The van der Waals surface area contributed by atoms with E-state index < -0.39 is 5.54 Å². The van der Waals surface area contributed by atoms with Gasteiger partial charge in [0.05, 0.1) is 12.7 Å². The fraction of sp³-hybridized carbons (Fsp3) is 0.923. The quantitative estimate of drug-likeness (QED) is 0.713. The molecule has 0 aromatic rings. The first-order chi connectivity index (χ1) is 8.49. The molecule has 0 radical (unpaired) electrons. The van der Waals surface area contributed by atoms with Gasteiger partial charge in [-0.3, -0.25) is 9.69 Å². The summed E-state index contributed by atoms with van der Waals surface area (Å²) < 4.78 is 10.6. The van der Waals surface area contributed by atoms with Crippen molar-refractivity contribution in [2.45, 2.75) is 45.3 Å². The number of likely N-dealkylation sites (tertiary alicyclic amines) is 1. The third kappa shape index (κ3) is 4.55. The number of hydrogen-bond donors (Lipinski definition) is 1. The number of carbonyl (C=O) groups excluding carboxylic acids is 1. The van der Waals surface area contributed by atoms with Crippen LogP contribution in [0.2, 0.25) is 0 Å². The summed E-state index contributed by atoms with van der Waals surface area (Å²) in [4.78, 5) is 13.9. The molecule has 1 saturated heterocycles. The molecule has 0 aromatic heterocycles. The molecule has 1 fully saturated rings. The average molecular weight is 258 g/mol. The first kappa shape index (κ1) is 15.4. The Kier molecular flexibility index (Phi) is 6.05. The maximum Gasteiger partial charge on any atom is 0.327 e. The highest BCUT2D eigenvalue weighted by Crippen LogP contribution is 2.16. The lowest BCUT2D eigenvalue weighted by atomic mass is 10.0. The number of nitrogens with zero attached hydrogens (tertiary/aromatic N) is 1. The predicted octanol–water partition coefficient (Wildman–Crippen LogP) is 0.768. The van der Waals surface area contributed by atoms with Crippen LogP contribution in [0, 0.1) is 0 Å². The van der Waals surface area contributed by atoms with E-state index in [0.29, 0.717) is 13.2 Å². The lowest BCUT2D eigenvalue weighted by Gasteiger charge is -2.36. The standard InChI is InChI=1S/C13H26N2O3/c1-4-17-11-7-6-8-15(9-11)10-13(3,14)12(16)18-5-2/h11H,4-10,14H2,1-3H3. The topological polar surface area (TPSA) is 64.8 Å². The molecule has 0 bridgehead atoms. The van der Waals surface area contributed by atoms with Crippen LogP contribution in [0.3, 0.4) is 0 Å². The van der Waals surface area contributed by atoms with E-state index in [9.17, 15) is 4.79 Å². The van der Waals surface area contributed by atoms with E-state index in [-0.39, 0.29) is 12.1 Å². The fourth-order valence-electron chi connectivity index (χ4n) is 2.35. The van der Waals surface area contributed by atoms with Gasteiger partial charge in [-0.25, -0.2) is 0 Å². The fourth-order valence-corrected chi connectivity index (χ4v) is 2.35. The van der Waals surface area contributed by atoms with Gasteiger partial charge in [0.2, 0.25) is 0 Å². The minimum Gasteiger partial charge on any atom is -0.465 e. The Hall–Kier alpha value is -0.650. The van der Waals surface area contributed by atoms with E-state index in [2.05, 4.69) is 4.90 Å². The third-order valence-electron chi connectivity index (χ3n) is 3.16. The van der Waals surface area contributed by atoms with Crippen molar-refractivity contribution in [2.24, 2.45) is 5.73 Å². The molecule has 2 unspecified atom stereocenters.